The molecule has 1 N–H and O–H groups in total. The zero-order valence-electron chi connectivity index (χ0n) is 20.8. The highest BCUT2D eigenvalue weighted by atomic mass is 32.2. The summed E-state index contributed by atoms with van der Waals surface area (Å²) in [5, 5.41) is 3.23. The molecule has 0 saturated carbocycles. The summed E-state index contributed by atoms with van der Waals surface area (Å²) < 4.78 is 33.9. The van der Waals surface area contributed by atoms with Crippen LogP contribution in [0.5, 0.6) is 6.01 Å². The highest BCUT2D eigenvalue weighted by Gasteiger charge is 2.30. The number of aryl methyl sites for hydroxylation is 3. The molecule has 0 radical (unpaired) electrons. The van der Waals surface area contributed by atoms with Gasteiger partial charge < -0.3 is 15.0 Å². The number of ether oxygens (including phenoxy) is 1. The fourth-order valence-electron chi connectivity index (χ4n) is 4.74. The zero-order chi connectivity index (χ0) is 25.1. The Morgan fingerprint density at radius 1 is 0.944 bits per heavy atom. The van der Waals surface area contributed by atoms with Gasteiger partial charge in [0, 0.05) is 31.9 Å². The average molecular weight is 509 g/mol. The molecule has 10 heteroatoms. The van der Waals surface area contributed by atoms with Crippen molar-refractivity contribution in [1.82, 2.24) is 19.3 Å². The summed E-state index contributed by atoms with van der Waals surface area (Å²) in [6.07, 6.45) is 4.27. The standard InChI is InChI=1S/C26H32N6O3S/c1-3-35-26-29-24(27-22-10-6-7-19(2)17-22)28-25(30-26)31-13-15-32(16-14-31)36(33,34)23-12-11-20-8-4-5-9-21(20)18-23/h6-7,10-12,17-18H,3-5,8-9,13-16H2,1-2H3,(H,27,28,29,30). The van der Waals surface area contributed by atoms with Crippen molar-refractivity contribution < 1.29 is 13.2 Å². The fraction of sp³-hybridized carbons (Fsp3) is 0.423. The first-order valence-corrected chi connectivity index (χ1v) is 14.0. The van der Waals surface area contributed by atoms with Gasteiger partial charge in [-0.15, -0.1) is 0 Å². The van der Waals surface area contributed by atoms with E-state index in [2.05, 4.69) is 20.3 Å². The van der Waals surface area contributed by atoms with Gasteiger partial charge in [-0.25, -0.2) is 8.42 Å². The molecule has 36 heavy (non-hydrogen) atoms. The predicted octanol–water partition coefficient (Wildman–Crippen LogP) is 3.71. The number of hydrogen-bond donors (Lipinski definition) is 1. The first-order valence-electron chi connectivity index (χ1n) is 12.5. The Bertz CT molecular complexity index is 1340. The van der Waals surface area contributed by atoms with E-state index in [-0.39, 0.29) is 6.01 Å². The van der Waals surface area contributed by atoms with Gasteiger partial charge >= 0.3 is 6.01 Å². The van der Waals surface area contributed by atoms with Crippen LogP contribution in [0.3, 0.4) is 0 Å². The molecule has 1 aliphatic carbocycles. The monoisotopic (exact) mass is 508 g/mol. The molecule has 0 bridgehead atoms. The molecule has 1 saturated heterocycles. The maximum absolute atomic E-state index is 13.4. The Kier molecular flexibility index (Phi) is 7.06. The van der Waals surface area contributed by atoms with Crippen molar-refractivity contribution in [2.45, 2.75) is 44.4 Å². The lowest BCUT2D eigenvalue weighted by atomic mass is 9.92. The van der Waals surface area contributed by atoms with Gasteiger partial charge in [-0.2, -0.15) is 19.3 Å². The summed E-state index contributed by atoms with van der Waals surface area (Å²) in [5.41, 5.74) is 4.44. The van der Waals surface area contributed by atoms with E-state index < -0.39 is 10.0 Å². The van der Waals surface area contributed by atoms with Crippen LogP contribution in [-0.2, 0) is 22.9 Å². The van der Waals surface area contributed by atoms with Gasteiger partial charge in [0.1, 0.15) is 0 Å². The second-order valence-corrected chi connectivity index (χ2v) is 11.1. The minimum atomic E-state index is -3.55. The number of rotatable bonds is 7. The number of fused-ring (bicyclic) bond motifs is 1. The van der Waals surface area contributed by atoms with Crippen LogP contribution < -0.4 is 15.0 Å². The second kappa shape index (κ2) is 10.4. The Labute approximate surface area is 212 Å². The first kappa shape index (κ1) is 24.5. The quantitative estimate of drug-likeness (QED) is 0.516. The first-order chi connectivity index (χ1) is 17.4. The van der Waals surface area contributed by atoms with E-state index in [1.54, 1.807) is 10.4 Å². The minimum absolute atomic E-state index is 0.238. The van der Waals surface area contributed by atoms with E-state index in [1.807, 2.05) is 55.1 Å². The van der Waals surface area contributed by atoms with Gasteiger partial charge in [-0.1, -0.05) is 18.2 Å². The zero-order valence-corrected chi connectivity index (χ0v) is 21.6. The number of hydrogen-bond acceptors (Lipinski definition) is 8. The second-order valence-electron chi connectivity index (χ2n) is 9.20. The summed E-state index contributed by atoms with van der Waals surface area (Å²) in [6, 6.07) is 13.8. The highest BCUT2D eigenvalue weighted by molar-refractivity contribution is 7.89. The van der Waals surface area contributed by atoms with Crippen molar-refractivity contribution in [3.8, 4) is 6.01 Å². The Balaban J connectivity index is 1.31. The summed E-state index contributed by atoms with van der Waals surface area (Å²) in [6.45, 7) is 5.99. The molecule has 0 spiro atoms. The molecular weight excluding hydrogens is 476 g/mol. The molecule has 0 amide bonds. The van der Waals surface area contributed by atoms with Gasteiger partial charge in [-0.05, 0) is 80.5 Å². The number of aromatic nitrogens is 3. The van der Waals surface area contributed by atoms with Crippen molar-refractivity contribution >= 4 is 27.6 Å². The van der Waals surface area contributed by atoms with Crippen molar-refractivity contribution in [3.63, 3.8) is 0 Å². The third-order valence-corrected chi connectivity index (χ3v) is 8.52. The van der Waals surface area contributed by atoms with Crippen molar-refractivity contribution in [2.75, 3.05) is 43.0 Å². The lowest BCUT2D eigenvalue weighted by molar-refractivity contribution is 0.311. The maximum Gasteiger partial charge on any atom is 0.323 e. The molecule has 1 fully saturated rings. The average Bonchev–Trinajstić information content (AvgIpc) is 2.88. The largest absolute Gasteiger partial charge is 0.464 e. The summed E-state index contributed by atoms with van der Waals surface area (Å²) in [5.74, 6) is 0.854. The van der Waals surface area contributed by atoms with Gasteiger partial charge in [-0.3, -0.25) is 0 Å². The molecule has 0 unspecified atom stereocenters. The van der Waals surface area contributed by atoms with Gasteiger partial charge in [0.2, 0.25) is 21.9 Å². The Morgan fingerprint density at radius 3 is 2.47 bits per heavy atom. The molecule has 1 aliphatic heterocycles. The van der Waals surface area contributed by atoms with E-state index in [0.29, 0.717) is 49.6 Å². The van der Waals surface area contributed by atoms with Crippen LogP contribution >= 0.6 is 0 Å². The van der Waals surface area contributed by atoms with E-state index in [4.69, 9.17) is 4.74 Å². The van der Waals surface area contributed by atoms with Crippen LogP contribution in [-0.4, -0.2) is 60.5 Å². The van der Waals surface area contributed by atoms with Crippen LogP contribution in [0.15, 0.2) is 47.4 Å². The number of sulfonamides is 1. The predicted molar refractivity (Wildman–Crippen MR) is 140 cm³/mol. The number of anilines is 3. The molecule has 5 rings (SSSR count). The maximum atomic E-state index is 13.4. The molecule has 2 aromatic carbocycles. The molecule has 190 valence electrons. The molecule has 2 aliphatic rings. The third-order valence-electron chi connectivity index (χ3n) is 6.63. The third kappa shape index (κ3) is 5.29. The van der Waals surface area contributed by atoms with Crippen molar-refractivity contribution in [1.29, 1.82) is 0 Å². The van der Waals surface area contributed by atoms with Crippen LogP contribution in [0, 0.1) is 6.92 Å². The topological polar surface area (TPSA) is 101 Å². The van der Waals surface area contributed by atoms with Crippen LogP contribution in [0.4, 0.5) is 17.6 Å². The number of nitrogens with zero attached hydrogens (tertiary/aromatic N) is 5. The van der Waals surface area contributed by atoms with Crippen LogP contribution in [0.2, 0.25) is 0 Å². The van der Waals surface area contributed by atoms with Gasteiger partial charge in [0.05, 0.1) is 11.5 Å². The summed E-state index contributed by atoms with van der Waals surface area (Å²) in [7, 11) is -3.55. The number of nitrogens with one attached hydrogen (secondary N) is 1. The molecule has 0 atom stereocenters. The van der Waals surface area contributed by atoms with E-state index in [0.717, 1.165) is 30.5 Å². The Morgan fingerprint density at radius 2 is 1.72 bits per heavy atom. The van der Waals surface area contributed by atoms with Gasteiger partial charge in [0.15, 0.2) is 0 Å². The van der Waals surface area contributed by atoms with E-state index in [1.165, 1.54) is 17.5 Å². The summed E-state index contributed by atoms with van der Waals surface area (Å²) >= 11 is 0. The van der Waals surface area contributed by atoms with E-state index >= 15 is 0 Å². The number of benzene rings is 2. The molecular formula is C26H32N6O3S. The number of piperazine rings is 1. The smallest absolute Gasteiger partial charge is 0.323 e. The Hall–Kier alpha value is -3.24. The lowest BCUT2D eigenvalue weighted by Crippen LogP contribution is -2.49. The molecule has 2 heterocycles. The SMILES string of the molecule is CCOc1nc(Nc2cccc(C)c2)nc(N2CCN(S(=O)(=O)c3ccc4c(c3)CCCC4)CC2)n1. The van der Waals surface area contributed by atoms with Crippen molar-refractivity contribution in [3.05, 3.63) is 59.2 Å². The molecule has 1 aromatic heterocycles. The normalized spacial score (nSPS) is 16.4. The fourth-order valence-corrected chi connectivity index (χ4v) is 6.21. The van der Waals surface area contributed by atoms with Crippen LogP contribution in [0.1, 0.15) is 36.5 Å². The van der Waals surface area contributed by atoms with E-state index in [9.17, 15) is 8.42 Å². The molecule has 3 aromatic rings. The van der Waals surface area contributed by atoms with Crippen LogP contribution in [0.25, 0.3) is 0 Å². The lowest BCUT2D eigenvalue weighted by Gasteiger charge is -2.34. The minimum Gasteiger partial charge on any atom is -0.464 e. The summed E-state index contributed by atoms with van der Waals surface area (Å²) in [4.78, 5) is 15.8. The van der Waals surface area contributed by atoms with Crippen molar-refractivity contribution in [2.24, 2.45) is 0 Å². The highest BCUT2D eigenvalue weighted by Crippen LogP contribution is 2.27. The molecule has 9 nitrogen and oxygen atoms in total. The van der Waals surface area contributed by atoms with Gasteiger partial charge in [0.25, 0.3) is 0 Å².